The average molecular weight is 577 g/mol. The topological polar surface area (TPSA) is 61.1 Å². The van der Waals surface area contributed by atoms with E-state index in [1.165, 1.54) is 4.90 Å². The van der Waals surface area contributed by atoms with E-state index in [4.69, 9.17) is 16.0 Å². The number of amides is 1. The molecule has 1 amide bonds. The second-order valence-corrected chi connectivity index (χ2v) is 9.25. The summed E-state index contributed by atoms with van der Waals surface area (Å²) < 4.78 is 5.40. The SMILES string of the molecule is CN(C)C(=O)CN=C(NCCc1ccco1)N1CCC(Sc2ccc(Cl)cc2)CC1.I. The number of thioether (sulfide) groups is 1. The Bertz CT molecular complexity index is 823. The molecule has 1 aromatic heterocycles. The minimum absolute atomic E-state index is 0. The van der Waals surface area contributed by atoms with Gasteiger partial charge >= 0.3 is 0 Å². The van der Waals surface area contributed by atoms with Gasteiger partial charge in [-0.2, -0.15) is 0 Å². The number of piperidine rings is 1. The lowest BCUT2D eigenvalue weighted by Crippen LogP contribution is -2.47. The van der Waals surface area contributed by atoms with Crippen LogP contribution in [0.5, 0.6) is 0 Å². The molecule has 6 nitrogen and oxygen atoms in total. The lowest BCUT2D eigenvalue weighted by molar-refractivity contribution is -0.127. The van der Waals surface area contributed by atoms with Crippen LogP contribution in [0.1, 0.15) is 18.6 Å². The molecule has 1 aromatic carbocycles. The summed E-state index contributed by atoms with van der Waals surface area (Å²) in [7, 11) is 3.50. The van der Waals surface area contributed by atoms with Crippen LogP contribution in [0.2, 0.25) is 5.02 Å². The molecule has 1 saturated heterocycles. The van der Waals surface area contributed by atoms with E-state index in [2.05, 4.69) is 27.3 Å². The Balaban J connectivity index is 0.00000341. The fourth-order valence-electron chi connectivity index (χ4n) is 3.20. The zero-order valence-corrected chi connectivity index (χ0v) is 21.8. The van der Waals surface area contributed by atoms with E-state index < -0.39 is 0 Å². The van der Waals surface area contributed by atoms with Crippen LogP contribution in [0, 0.1) is 0 Å². The number of nitrogens with zero attached hydrogens (tertiary/aromatic N) is 3. The van der Waals surface area contributed by atoms with Crippen molar-refractivity contribution in [3.05, 3.63) is 53.4 Å². The molecule has 170 valence electrons. The minimum atomic E-state index is -0.00601. The van der Waals surface area contributed by atoms with Gasteiger partial charge in [0.2, 0.25) is 5.91 Å². The predicted molar refractivity (Wildman–Crippen MR) is 139 cm³/mol. The van der Waals surface area contributed by atoms with Crippen LogP contribution in [0.4, 0.5) is 0 Å². The maximum absolute atomic E-state index is 12.0. The van der Waals surface area contributed by atoms with Gasteiger partial charge in [0, 0.05) is 55.3 Å². The number of likely N-dealkylation sites (N-methyl/N-ethyl adjacent to an activating group) is 1. The highest BCUT2D eigenvalue weighted by Gasteiger charge is 2.22. The second kappa shape index (κ2) is 13.2. The number of carbonyl (C=O) groups is 1. The smallest absolute Gasteiger partial charge is 0.243 e. The minimum Gasteiger partial charge on any atom is -0.469 e. The lowest BCUT2D eigenvalue weighted by Gasteiger charge is -2.34. The molecule has 31 heavy (non-hydrogen) atoms. The van der Waals surface area contributed by atoms with Gasteiger partial charge in [-0.05, 0) is 49.2 Å². The van der Waals surface area contributed by atoms with E-state index in [-0.39, 0.29) is 36.4 Å². The van der Waals surface area contributed by atoms with Crippen molar-refractivity contribution < 1.29 is 9.21 Å². The Morgan fingerprint density at radius 3 is 2.58 bits per heavy atom. The van der Waals surface area contributed by atoms with Crippen LogP contribution in [-0.4, -0.2) is 67.2 Å². The molecule has 0 atom stereocenters. The number of benzene rings is 1. The number of furan rings is 1. The zero-order valence-electron chi connectivity index (χ0n) is 17.9. The second-order valence-electron chi connectivity index (χ2n) is 7.44. The van der Waals surface area contributed by atoms with Gasteiger partial charge in [-0.15, -0.1) is 35.7 Å². The number of carbonyl (C=O) groups excluding carboxylic acids is 1. The maximum atomic E-state index is 12.0. The number of rotatable bonds is 7. The van der Waals surface area contributed by atoms with Crippen LogP contribution in [-0.2, 0) is 11.2 Å². The number of nitrogens with one attached hydrogen (secondary N) is 1. The predicted octanol–water partition coefficient (Wildman–Crippen LogP) is 4.38. The Morgan fingerprint density at radius 2 is 1.97 bits per heavy atom. The monoisotopic (exact) mass is 576 g/mol. The highest BCUT2D eigenvalue weighted by atomic mass is 127. The highest BCUT2D eigenvalue weighted by molar-refractivity contribution is 14.0. The first-order valence-corrected chi connectivity index (χ1v) is 11.4. The maximum Gasteiger partial charge on any atom is 0.243 e. The Morgan fingerprint density at radius 1 is 1.26 bits per heavy atom. The standard InChI is InChI=1S/C22H29ClN4O2S.HI/c1-26(2)21(28)16-25-22(24-12-9-18-4-3-15-29-18)27-13-10-20(11-14-27)30-19-7-5-17(23)6-8-19;/h3-8,15,20H,9-14,16H2,1-2H3,(H,24,25);1H. The first-order valence-electron chi connectivity index (χ1n) is 10.2. The first-order chi connectivity index (χ1) is 14.5. The summed E-state index contributed by atoms with van der Waals surface area (Å²) in [5.41, 5.74) is 0. The van der Waals surface area contributed by atoms with Crippen LogP contribution < -0.4 is 5.32 Å². The normalized spacial score (nSPS) is 14.8. The summed E-state index contributed by atoms with van der Waals surface area (Å²) in [6.07, 6.45) is 4.58. The summed E-state index contributed by atoms with van der Waals surface area (Å²) in [5, 5.41) is 4.75. The summed E-state index contributed by atoms with van der Waals surface area (Å²) >= 11 is 7.89. The molecule has 0 bridgehead atoms. The van der Waals surface area contributed by atoms with Gasteiger partial charge in [0.25, 0.3) is 0 Å². The first kappa shape index (κ1) is 25.9. The highest BCUT2D eigenvalue weighted by Crippen LogP contribution is 2.31. The van der Waals surface area contributed by atoms with Crippen molar-refractivity contribution in [3.8, 4) is 0 Å². The van der Waals surface area contributed by atoms with Crippen molar-refractivity contribution in [1.29, 1.82) is 0 Å². The molecule has 0 spiro atoms. The van der Waals surface area contributed by atoms with Gasteiger partial charge in [-0.3, -0.25) is 4.79 Å². The molecule has 2 aromatic rings. The van der Waals surface area contributed by atoms with Gasteiger partial charge in [0.05, 0.1) is 6.26 Å². The third-order valence-corrected chi connectivity index (χ3v) is 6.56. The van der Waals surface area contributed by atoms with E-state index in [1.54, 1.807) is 25.3 Å². The van der Waals surface area contributed by atoms with Crippen molar-refractivity contribution in [2.24, 2.45) is 4.99 Å². The van der Waals surface area contributed by atoms with E-state index >= 15 is 0 Å². The Labute approximate surface area is 210 Å². The number of guanidine groups is 1. The number of halogens is 2. The Kier molecular flexibility index (Phi) is 11.0. The molecule has 1 aliphatic heterocycles. The van der Waals surface area contributed by atoms with Gasteiger partial charge < -0.3 is 19.5 Å². The van der Waals surface area contributed by atoms with Gasteiger partial charge in [-0.1, -0.05) is 11.6 Å². The van der Waals surface area contributed by atoms with Crippen LogP contribution in [0.3, 0.4) is 0 Å². The van der Waals surface area contributed by atoms with Crippen molar-refractivity contribution in [1.82, 2.24) is 15.1 Å². The van der Waals surface area contributed by atoms with Gasteiger partial charge in [0.15, 0.2) is 5.96 Å². The van der Waals surface area contributed by atoms with E-state index in [0.717, 1.165) is 49.1 Å². The molecule has 0 radical (unpaired) electrons. The molecule has 0 saturated carbocycles. The van der Waals surface area contributed by atoms with Crippen LogP contribution in [0.25, 0.3) is 0 Å². The molecule has 3 rings (SSSR count). The van der Waals surface area contributed by atoms with Gasteiger partial charge in [0.1, 0.15) is 12.3 Å². The fraction of sp³-hybridized carbons (Fsp3) is 0.455. The fourth-order valence-corrected chi connectivity index (χ4v) is 4.45. The number of hydrogen-bond acceptors (Lipinski definition) is 4. The third-order valence-electron chi connectivity index (χ3n) is 4.96. The van der Waals surface area contributed by atoms with Crippen LogP contribution in [0.15, 0.2) is 57.0 Å². The number of hydrogen-bond donors (Lipinski definition) is 1. The molecule has 2 heterocycles. The summed E-state index contributed by atoms with van der Waals surface area (Å²) in [6, 6.07) is 11.9. The molecule has 0 aliphatic carbocycles. The van der Waals surface area contributed by atoms with Gasteiger partial charge in [-0.25, -0.2) is 4.99 Å². The van der Waals surface area contributed by atoms with Crippen molar-refractivity contribution in [2.75, 3.05) is 40.3 Å². The van der Waals surface area contributed by atoms with Crippen molar-refractivity contribution >= 4 is 59.2 Å². The lowest BCUT2D eigenvalue weighted by atomic mass is 10.1. The molecule has 1 fully saturated rings. The Hall–Kier alpha value is -1.39. The quantitative estimate of drug-likeness (QED) is 0.301. The van der Waals surface area contributed by atoms with Crippen LogP contribution >= 0.6 is 47.3 Å². The summed E-state index contributed by atoms with van der Waals surface area (Å²) in [5.74, 6) is 1.73. The summed E-state index contributed by atoms with van der Waals surface area (Å²) in [6.45, 7) is 2.68. The number of likely N-dealkylation sites (tertiary alicyclic amines) is 1. The van der Waals surface area contributed by atoms with E-state index in [9.17, 15) is 4.79 Å². The molecular formula is C22H30ClIN4O2S. The summed E-state index contributed by atoms with van der Waals surface area (Å²) in [4.78, 5) is 21.7. The zero-order chi connectivity index (χ0) is 21.3. The largest absolute Gasteiger partial charge is 0.469 e. The molecule has 1 aliphatic rings. The average Bonchev–Trinajstić information content (AvgIpc) is 3.26. The van der Waals surface area contributed by atoms with E-state index in [1.807, 2.05) is 36.0 Å². The molecule has 0 unspecified atom stereocenters. The third kappa shape index (κ3) is 8.57. The van der Waals surface area contributed by atoms with E-state index in [0.29, 0.717) is 11.8 Å². The van der Waals surface area contributed by atoms with Crippen molar-refractivity contribution in [3.63, 3.8) is 0 Å². The molecule has 1 N–H and O–H groups in total. The molecular weight excluding hydrogens is 547 g/mol. The number of aliphatic imine (C=N–C) groups is 1. The van der Waals surface area contributed by atoms with Crippen molar-refractivity contribution in [2.45, 2.75) is 29.4 Å². The molecule has 9 heteroatoms.